The number of hydrogen-bond acceptors (Lipinski definition) is 3. The van der Waals surface area contributed by atoms with Crippen LogP contribution < -0.4 is 10.6 Å². The molecule has 2 N–H and O–H groups in total. The predicted octanol–water partition coefficient (Wildman–Crippen LogP) is 2.99. The topological polar surface area (TPSA) is 66.0 Å². The third-order valence-corrected chi connectivity index (χ3v) is 4.06. The molecule has 0 aliphatic carbocycles. The van der Waals surface area contributed by atoms with Crippen LogP contribution in [0.2, 0.25) is 0 Å². The summed E-state index contributed by atoms with van der Waals surface area (Å²) in [7, 11) is 0. The summed E-state index contributed by atoms with van der Waals surface area (Å²) < 4.78 is 5.06. The Morgan fingerprint density at radius 2 is 1.92 bits per heavy atom. The molecule has 1 aliphatic rings. The number of piperidine rings is 1. The lowest BCUT2D eigenvalue weighted by molar-refractivity contribution is 0.0963. The molecule has 0 aromatic rings. The number of nitrogens with zero attached hydrogens (tertiary/aromatic N) is 2. The number of nitrogens with one attached hydrogen (secondary N) is 2. The van der Waals surface area contributed by atoms with E-state index in [0.29, 0.717) is 18.1 Å². The highest BCUT2D eigenvalue weighted by Gasteiger charge is 2.24. The molecule has 1 aliphatic heterocycles. The van der Waals surface area contributed by atoms with Gasteiger partial charge in [0.15, 0.2) is 5.96 Å². The van der Waals surface area contributed by atoms with Gasteiger partial charge in [0.25, 0.3) is 0 Å². The van der Waals surface area contributed by atoms with Gasteiger partial charge in [-0.25, -0.2) is 4.79 Å². The molecular weight excluding hydrogens is 304 g/mol. The summed E-state index contributed by atoms with van der Waals surface area (Å²) in [5.41, 5.74) is 0.362. The van der Waals surface area contributed by atoms with E-state index in [-0.39, 0.29) is 6.09 Å². The maximum absolute atomic E-state index is 11.7. The lowest BCUT2D eigenvalue weighted by Crippen LogP contribution is -2.49. The SMILES string of the molecule is CCNC(=NCCCC(C)(C)C)NC1CCN(C(=O)OCC)CC1. The summed E-state index contributed by atoms with van der Waals surface area (Å²) in [6.07, 6.45) is 3.92. The Labute approximate surface area is 147 Å². The standard InChI is InChI=1S/C18H36N4O2/c1-6-19-16(20-12-8-11-18(3,4)5)21-15-9-13-22(14-10-15)17(23)24-7-2/h15H,6-14H2,1-5H3,(H2,19,20,21). The van der Waals surface area contributed by atoms with Gasteiger partial charge in [-0.05, 0) is 44.9 Å². The van der Waals surface area contributed by atoms with Crippen molar-refractivity contribution in [2.75, 3.05) is 32.8 Å². The van der Waals surface area contributed by atoms with Crippen LogP contribution >= 0.6 is 0 Å². The zero-order valence-electron chi connectivity index (χ0n) is 16.2. The van der Waals surface area contributed by atoms with Crippen molar-refractivity contribution in [3.05, 3.63) is 0 Å². The fourth-order valence-electron chi connectivity index (χ4n) is 2.73. The summed E-state index contributed by atoms with van der Waals surface area (Å²) in [6, 6.07) is 0.357. The zero-order chi connectivity index (χ0) is 18.0. The summed E-state index contributed by atoms with van der Waals surface area (Å²) in [5.74, 6) is 0.890. The minimum absolute atomic E-state index is 0.196. The fraction of sp³-hybridized carbons (Fsp3) is 0.889. The van der Waals surface area contributed by atoms with Crippen LogP contribution in [0.25, 0.3) is 0 Å². The van der Waals surface area contributed by atoms with E-state index in [1.807, 2.05) is 6.92 Å². The molecule has 0 aromatic heterocycles. The molecule has 1 rings (SSSR count). The van der Waals surface area contributed by atoms with Crippen LogP contribution in [-0.4, -0.2) is 55.8 Å². The second-order valence-corrected chi connectivity index (χ2v) is 7.53. The fourth-order valence-corrected chi connectivity index (χ4v) is 2.73. The van der Waals surface area contributed by atoms with Crippen LogP contribution in [0.3, 0.4) is 0 Å². The Morgan fingerprint density at radius 1 is 1.25 bits per heavy atom. The quantitative estimate of drug-likeness (QED) is 0.443. The smallest absolute Gasteiger partial charge is 0.409 e. The monoisotopic (exact) mass is 340 g/mol. The Bertz CT molecular complexity index is 396. The number of guanidine groups is 1. The molecule has 0 spiro atoms. The highest BCUT2D eigenvalue weighted by atomic mass is 16.6. The van der Waals surface area contributed by atoms with Crippen molar-refractivity contribution in [2.24, 2.45) is 10.4 Å². The normalized spacial score (nSPS) is 16.9. The van der Waals surface area contributed by atoms with Crippen LogP contribution in [0.5, 0.6) is 0 Å². The molecular formula is C18H36N4O2. The molecule has 0 aromatic carbocycles. The number of aliphatic imine (C=N–C) groups is 1. The van der Waals surface area contributed by atoms with Crippen LogP contribution in [0.1, 0.15) is 60.3 Å². The van der Waals surface area contributed by atoms with Gasteiger partial charge in [-0.1, -0.05) is 20.8 Å². The van der Waals surface area contributed by atoms with Crippen molar-refractivity contribution >= 4 is 12.1 Å². The van der Waals surface area contributed by atoms with Crippen molar-refractivity contribution in [2.45, 2.75) is 66.3 Å². The third kappa shape index (κ3) is 8.41. The summed E-state index contributed by atoms with van der Waals surface area (Å²) in [5, 5.41) is 6.82. The van der Waals surface area contributed by atoms with Crippen molar-refractivity contribution < 1.29 is 9.53 Å². The summed E-state index contributed by atoms with van der Waals surface area (Å²) >= 11 is 0. The number of ether oxygens (including phenoxy) is 1. The van der Waals surface area contributed by atoms with Crippen LogP contribution in [0.4, 0.5) is 4.79 Å². The van der Waals surface area contributed by atoms with E-state index < -0.39 is 0 Å². The molecule has 6 heteroatoms. The molecule has 24 heavy (non-hydrogen) atoms. The lowest BCUT2D eigenvalue weighted by Gasteiger charge is -2.32. The molecule has 0 unspecified atom stereocenters. The van der Waals surface area contributed by atoms with Crippen molar-refractivity contribution in [3.63, 3.8) is 0 Å². The molecule has 0 atom stereocenters. The van der Waals surface area contributed by atoms with E-state index in [1.54, 1.807) is 4.90 Å². The first kappa shape index (κ1) is 20.6. The highest BCUT2D eigenvalue weighted by Crippen LogP contribution is 2.20. The molecule has 1 heterocycles. The number of rotatable bonds is 6. The second kappa shape index (κ2) is 10.4. The van der Waals surface area contributed by atoms with Gasteiger partial charge in [-0.3, -0.25) is 4.99 Å². The molecule has 0 radical (unpaired) electrons. The van der Waals surface area contributed by atoms with Crippen molar-refractivity contribution in [3.8, 4) is 0 Å². The van der Waals surface area contributed by atoms with E-state index in [4.69, 9.17) is 4.74 Å². The highest BCUT2D eigenvalue weighted by molar-refractivity contribution is 5.80. The average Bonchev–Trinajstić information content (AvgIpc) is 2.51. The number of carbonyl (C=O) groups is 1. The van der Waals surface area contributed by atoms with Gasteiger partial charge in [0, 0.05) is 32.2 Å². The average molecular weight is 341 g/mol. The maximum atomic E-state index is 11.7. The van der Waals surface area contributed by atoms with Crippen molar-refractivity contribution in [1.82, 2.24) is 15.5 Å². The summed E-state index contributed by atoms with van der Waals surface area (Å²) in [4.78, 5) is 18.2. The number of hydrogen-bond donors (Lipinski definition) is 2. The first-order valence-corrected chi connectivity index (χ1v) is 9.32. The first-order chi connectivity index (χ1) is 11.4. The van der Waals surface area contributed by atoms with Gasteiger partial charge in [0.2, 0.25) is 0 Å². The van der Waals surface area contributed by atoms with Crippen LogP contribution in [0.15, 0.2) is 4.99 Å². The number of likely N-dealkylation sites (tertiary alicyclic amines) is 1. The first-order valence-electron chi connectivity index (χ1n) is 9.32. The summed E-state index contributed by atoms with van der Waals surface area (Å²) in [6.45, 7) is 14.3. The molecule has 0 bridgehead atoms. The lowest BCUT2D eigenvalue weighted by atomic mass is 9.91. The van der Waals surface area contributed by atoms with Gasteiger partial charge in [0.1, 0.15) is 0 Å². The minimum atomic E-state index is -0.196. The van der Waals surface area contributed by atoms with E-state index in [0.717, 1.165) is 51.4 Å². The van der Waals surface area contributed by atoms with Crippen LogP contribution in [-0.2, 0) is 4.74 Å². The Hall–Kier alpha value is -1.46. The number of carbonyl (C=O) groups excluding carboxylic acids is 1. The van der Waals surface area contributed by atoms with E-state index >= 15 is 0 Å². The van der Waals surface area contributed by atoms with Gasteiger partial charge in [-0.2, -0.15) is 0 Å². The van der Waals surface area contributed by atoms with E-state index in [1.165, 1.54) is 6.42 Å². The van der Waals surface area contributed by atoms with Gasteiger partial charge in [0.05, 0.1) is 6.61 Å². The molecule has 1 fully saturated rings. The Balaban J connectivity index is 2.39. The molecule has 1 amide bonds. The van der Waals surface area contributed by atoms with Gasteiger partial charge >= 0.3 is 6.09 Å². The zero-order valence-corrected chi connectivity index (χ0v) is 16.2. The third-order valence-electron chi connectivity index (χ3n) is 4.06. The van der Waals surface area contributed by atoms with E-state index in [2.05, 4.69) is 43.3 Å². The molecule has 140 valence electrons. The maximum Gasteiger partial charge on any atom is 0.409 e. The Kier molecular flexibility index (Phi) is 8.93. The molecule has 1 saturated heterocycles. The Morgan fingerprint density at radius 3 is 2.46 bits per heavy atom. The minimum Gasteiger partial charge on any atom is -0.450 e. The van der Waals surface area contributed by atoms with E-state index in [9.17, 15) is 4.79 Å². The molecule has 6 nitrogen and oxygen atoms in total. The number of amides is 1. The largest absolute Gasteiger partial charge is 0.450 e. The predicted molar refractivity (Wildman–Crippen MR) is 99.4 cm³/mol. The second-order valence-electron chi connectivity index (χ2n) is 7.53. The molecule has 0 saturated carbocycles. The van der Waals surface area contributed by atoms with Gasteiger partial charge < -0.3 is 20.3 Å². The van der Waals surface area contributed by atoms with Gasteiger partial charge in [-0.15, -0.1) is 0 Å². The van der Waals surface area contributed by atoms with Crippen molar-refractivity contribution in [1.29, 1.82) is 0 Å². The van der Waals surface area contributed by atoms with Crippen LogP contribution in [0, 0.1) is 5.41 Å².